The Kier molecular flexibility index (Phi) is 3.45. The molecule has 0 N–H and O–H groups in total. The van der Waals surface area contributed by atoms with E-state index in [2.05, 4.69) is 6.92 Å². The average Bonchev–Trinajstić information content (AvgIpc) is 2.94. The highest BCUT2D eigenvalue weighted by Crippen LogP contribution is 2.41. The number of rotatable bonds is 4. The second-order valence-electron chi connectivity index (χ2n) is 5.02. The van der Waals surface area contributed by atoms with Gasteiger partial charge in [-0.25, -0.2) is 0 Å². The molecule has 1 aromatic rings. The van der Waals surface area contributed by atoms with E-state index in [1.54, 1.807) is 12.1 Å². The van der Waals surface area contributed by atoms with Gasteiger partial charge in [-0.3, -0.25) is 0 Å². The Labute approximate surface area is 99.8 Å². The molecule has 1 aliphatic carbocycles. The SMILES string of the molecule is C[C@H]1CC1CCCc1ccccc1C(F)(F)F. The standard InChI is InChI=1S/C14H17F3/c1-10-9-12(10)7-4-6-11-5-2-3-8-13(11)14(15,16)17/h2-3,5,8,10,12H,4,6-7,9H2,1H3/t10-,12?/m0/s1. The van der Waals surface area contributed by atoms with Crippen LogP contribution in [0.5, 0.6) is 0 Å². The van der Waals surface area contributed by atoms with Crippen molar-refractivity contribution in [1.29, 1.82) is 0 Å². The van der Waals surface area contributed by atoms with Crippen molar-refractivity contribution in [1.82, 2.24) is 0 Å². The molecule has 17 heavy (non-hydrogen) atoms. The van der Waals surface area contributed by atoms with E-state index in [-0.39, 0.29) is 0 Å². The van der Waals surface area contributed by atoms with E-state index in [1.165, 1.54) is 18.6 Å². The molecule has 1 unspecified atom stereocenters. The summed E-state index contributed by atoms with van der Waals surface area (Å²) in [6.07, 6.45) is -0.501. The summed E-state index contributed by atoms with van der Waals surface area (Å²) in [5.41, 5.74) is -0.0304. The lowest BCUT2D eigenvalue weighted by Gasteiger charge is -2.12. The topological polar surface area (TPSA) is 0 Å². The summed E-state index contributed by atoms with van der Waals surface area (Å²) < 4.78 is 38.1. The molecule has 2 rings (SSSR count). The summed E-state index contributed by atoms with van der Waals surface area (Å²) in [6, 6.07) is 5.91. The van der Waals surface area contributed by atoms with E-state index in [4.69, 9.17) is 0 Å². The van der Waals surface area contributed by atoms with Gasteiger partial charge in [0.1, 0.15) is 0 Å². The number of alkyl halides is 3. The molecular weight excluding hydrogens is 225 g/mol. The monoisotopic (exact) mass is 242 g/mol. The lowest BCUT2D eigenvalue weighted by atomic mass is 10.0. The smallest absolute Gasteiger partial charge is 0.166 e. The van der Waals surface area contributed by atoms with Crippen molar-refractivity contribution in [3.8, 4) is 0 Å². The van der Waals surface area contributed by atoms with Crippen molar-refractivity contribution in [3.63, 3.8) is 0 Å². The Balaban J connectivity index is 1.95. The van der Waals surface area contributed by atoms with E-state index in [9.17, 15) is 13.2 Å². The van der Waals surface area contributed by atoms with Gasteiger partial charge in [0.05, 0.1) is 5.56 Å². The first kappa shape index (κ1) is 12.5. The molecule has 3 heteroatoms. The average molecular weight is 242 g/mol. The fourth-order valence-corrected chi connectivity index (χ4v) is 2.37. The number of hydrogen-bond donors (Lipinski definition) is 0. The zero-order chi connectivity index (χ0) is 12.5. The van der Waals surface area contributed by atoms with E-state index in [0.29, 0.717) is 12.0 Å². The molecule has 0 amide bonds. The molecule has 0 aliphatic heterocycles. The molecule has 1 aliphatic rings. The molecule has 0 nitrogen and oxygen atoms in total. The third kappa shape index (κ3) is 3.24. The van der Waals surface area contributed by atoms with E-state index >= 15 is 0 Å². The fraction of sp³-hybridized carbons (Fsp3) is 0.571. The first-order valence-corrected chi connectivity index (χ1v) is 6.13. The summed E-state index contributed by atoms with van der Waals surface area (Å²) in [5.74, 6) is 1.54. The highest BCUT2D eigenvalue weighted by atomic mass is 19.4. The fourth-order valence-electron chi connectivity index (χ4n) is 2.37. The minimum absolute atomic E-state index is 0.438. The first-order chi connectivity index (χ1) is 7.98. The van der Waals surface area contributed by atoms with Crippen LogP contribution in [0.1, 0.15) is 37.3 Å². The van der Waals surface area contributed by atoms with Gasteiger partial charge < -0.3 is 0 Å². The summed E-state index contributed by atoms with van der Waals surface area (Å²) in [7, 11) is 0. The molecule has 0 radical (unpaired) electrons. The molecular formula is C14H17F3. The van der Waals surface area contributed by atoms with Crippen LogP contribution in [0.25, 0.3) is 0 Å². The van der Waals surface area contributed by atoms with Gasteiger partial charge in [0.25, 0.3) is 0 Å². The molecule has 0 heterocycles. The first-order valence-electron chi connectivity index (χ1n) is 6.13. The van der Waals surface area contributed by atoms with Crippen LogP contribution in [-0.2, 0) is 12.6 Å². The lowest BCUT2D eigenvalue weighted by Crippen LogP contribution is -2.09. The third-order valence-corrected chi connectivity index (χ3v) is 3.62. The number of halogens is 3. The quantitative estimate of drug-likeness (QED) is 0.718. The highest BCUT2D eigenvalue weighted by molar-refractivity contribution is 5.29. The molecule has 1 fully saturated rings. The molecule has 0 aromatic heterocycles. The van der Waals surface area contributed by atoms with Gasteiger partial charge in [0, 0.05) is 0 Å². The van der Waals surface area contributed by atoms with E-state index < -0.39 is 11.7 Å². The van der Waals surface area contributed by atoms with Crippen molar-refractivity contribution in [2.75, 3.05) is 0 Å². The Morgan fingerprint density at radius 3 is 2.47 bits per heavy atom. The second kappa shape index (κ2) is 4.71. The predicted molar refractivity (Wildman–Crippen MR) is 61.7 cm³/mol. The van der Waals surface area contributed by atoms with Crippen LogP contribution in [-0.4, -0.2) is 0 Å². The summed E-state index contributed by atoms with van der Waals surface area (Å²) in [6.45, 7) is 2.20. The van der Waals surface area contributed by atoms with E-state index in [1.807, 2.05) is 0 Å². The van der Waals surface area contributed by atoms with Crippen LogP contribution in [0.2, 0.25) is 0 Å². The Bertz CT molecular complexity index is 381. The van der Waals surface area contributed by atoms with Crippen LogP contribution in [0.15, 0.2) is 24.3 Å². The van der Waals surface area contributed by atoms with Crippen LogP contribution in [0.4, 0.5) is 13.2 Å². The normalized spacial score (nSPS) is 23.8. The van der Waals surface area contributed by atoms with Crippen molar-refractivity contribution in [2.24, 2.45) is 11.8 Å². The number of benzene rings is 1. The van der Waals surface area contributed by atoms with Crippen molar-refractivity contribution >= 4 is 0 Å². The zero-order valence-corrected chi connectivity index (χ0v) is 9.93. The van der Waals surface area contributed by atoms with Gasteiger partial charge >= 0.3 is 6.18 Å². The molecule has 94 valence electrons. The summed E-state index contributed by atoms with van der Waals surface area (Å²) in [5, 5.41) is 0. The largest absolute Gasteiger partial charge is 0.416 e. The van der Waals surface area contributed by atoms with Crippen molar-refractivity contribution < 1.29 is 13.2 Å². The van der Waals surface area contributed by atoms with Gasteiger partial charge in [-0.15, -0.1) is 0 Å². The van der Waals surface area contributed by atoms with Crippen LogP contribution in [0, 0.1) is 11.8 Å². The van der Waals surface area contributed by atoms with Crippen molar-refractivity contribution in [2.45, 2.75) is 38.8 Å². The van der Waals surface area contributed by atoms with Gasteiger partial charge in [-0.1, -0.05) is 25.1 Å². The maximum absolute atomic E-state index is 12.7. The van der Waals surface area contributed by atoms with Gasteiger partial charge in [-0.2, -0.15) is 13.2 Å². The molecule has 1 aromatic carbocycles. The molecule has 0 spiro atoms. The third-order valence-electron chi connectivity index (χ3n) is 3.62. The Morgan fingerprint density at radius 1 is 1.24 bits per heavy atom. The molecule has 1 saturated carbocycles. The van der Waals surface area contributed by atoms with Gasteiger partial charge in [0.2, 0.25) is 0 Å². The maximum atomic E-state index is 12.7. The van der Waals surface area contributed by atoms with Gasteiger partial charge in [-0.05, 0) is 49.1 Å². The maximum Gasteiger partial charge on any atom is 0.416 e. The Hall–Kier alpha value is -0.990. The summed E-state index contributed by atoms with van der Waals surface area (Å²) in [4.78, 5) is 0. The van der Waals surface area contributed by atoms with Crippen LogP contribution < -0.4 is 0 Å². The van der Waals surface area contributed by atoms with Gasteiger partial charge in [0.15, 0.2) is 0 Å². The van der Waals surface area contributed by atoms with Crippen LogP contribution >= 0.6 is 0 Å². The van der Waals surface area contributed by atoms with Crippen LogP contribution in [0.3, 0.4) is 0 Å². The highest BCUT2D eigenvalue weighted by Gasteiger charge is 2.34. The minimum Gasteiger partial charge on any atom is -0.166 e. The zero-order valence-electron chi connectivity index (χ0n) is 9.93. The minimum atomic E-state index is -4.22. The molecule has 0 bridgehead atoms. The van der Waals surface area contributed by atoms with E-state index in [0.717, 1.165) is 24.7 Å². The number of aryl methyl sites for hydroxylation is 1. The second-order valence-corrected chi connectivity index (χ2v) is 5.02. The van der Waals surface area contributed by atoms with Crippen molar-refractivity contribution in [3.05, 3.63) is 35.4 Å². The molecule has 2 atom stereocenters. The lowest BCUT2D eigenvalue weighted by molar-refractivity contribution is -0.138. The predicted octanol–water partition coefficient (Wildman–Crippen LogP) is 4.68. The molecule has 0 saturated heterocycles. The Morgan fingerprint density at radius 2 is 1.88 bits per heavy atom. The summed E-state index contributed by atoms with van der Waals surface area (Å²) >= 11 is 0. The number of hydrogen-bond acceptors (Lipinski definition) is 0.